The Morgan fingerprint density at radius 2 is 1.29 bits per heavy atom. The summed E-state index contributed by atoms with van der Waals surface area (Å²) >= 11 is 0. The highest BCUT2D eigenvalue weighted by atomic mass is 16.5. The number of carbonyl (C=O) groups is 1. The van der Waals surface area contributed by atoms with Crippen molar-refractivity contribution >= 4 is 5.97 Å². The normalized spacial score (nSPS) is 13.9. The fraction of sp³-hybridized carbons (Fsp3) is 0.947. The van der Waals surface area contributed by atoms with E-state index < -0.39 is 0 Å². The van der Waals surface area contributed by atoms with Crippen LogP contribution in [-0.2, 0) is 9.53 Å². The van der Waals surface area contributed by atoms with Crippen LogP contribution in [0.5, 0.6) is 0 Å². The number of ether oxygens (including phenoxy) is 1. The minimum absolute atomic E-state index is 0.0703. The molecule has 0 bridgehead atoms. The Balaban J connectivity index is 3.29. The molecule has 21 heavy (non-hydrogen) atoms. The van der Waals surface area contributed by atoms with Crippen LogP contribution < -0.4 is 0 Å². The molecule has 0 rings (SSSR count). The Bertz CT molecular complexity index is 238. The Morgan fingerprint density at radius 3 is 1.81 bits per heavy atom. The molecular weight excluding hydrogens is 260 g/mol. The minimum Gasteiger partial charge on any atom is -0.469 e. The van der Waals surface area contributed by atoms with E-state index in [9.17, 15) is 4.79 Å². The fourth-order valence-electron chi connectivity index (χ4n) is 2.82. The number of hydrogen-bond acceptors (Lipinski definition) is 2. The summed E-state index contributed by atoms with van der Waals surface area (Å²) in [5.41, 5.74) is 0. The van der Waals surface area contributed by atoms with Gasteiger partial charge in [-0.15, -0.1) is 0 Å². The third kappa shape index (κ3) is 14.2. The molecule has 126 valence electrons. The fourth-order valence-corrected chi connectivity index (χ4v) is 2.82. The highest BCUT2D eigenvalue weighted by molar-refractivity contribution is 5.69. The average Bonchev–Trinajstić information content (AvgIpc) is 2.49. The van der Waals surface area contributed by atoms with Crippen LogP contribution in [0, 0.1) is 11.8 Å². The van der Waals surface area contributed by atoms with Crippen LogP contribution in [-0.4, -0.2) is 13.1 Å². The smallest absolute Gasteiger partial charge is 0.305 e. The van der Waals surface area contributed by atoms with E-state index in [0.717, 1.165) is 12.3 Å². The number of rotatable bonds is 14. The third-order valence-corrected chi connectivity index (χ3v) is 4.51. The second-order valence-corrected chi connectivity index (χ2v) is 6.81. The van der Waals surface area contributed by atoms with E-state index in [-0.39, 0.29) is 5.97 Å². The van der Waals surface area contributed by atoms with Crippen LogP contribution >= 0.6 is 0 Å². The Kier molecular flexibility index (Phi) is 14.0. The lowest BCUT2D eigenvalue weighted by Gasteiger charge is -2.11. The van der Waals surface area contributed by atoms with Crippen LogP contribution in [0.15, 0.2) is 0 Å². The SMILES string of the molecule is CCCCC(C)CCCCCCCC(C)CCC(=O)OC. The quantitative estimate of drug-likeness (QED) is 0.285. The number of methoxy groups -OCH3 is 1. The van der Waals surface area contributed by atoms with Crippen LogP contribution in [0.2, 0.25) is 0 Å². The van der Waals surface area contributed by atoms with Gasteiger partial charge in [-0.1, -0.05) is 85.0 Å². The first-order chi connectivity index (χ1) is 10.1. The third-order valence-electron chi connectivity index (χ3n) is 4.51. The van der Waals surface area contributed by atoms with Gasteiger partial charge in [0.15, 0.2) is 0 Å². The van der Waals surface area contributed by atoms with Gasteiger partial charge in [-0.05, 0) is 18.3 Å². The van der Waals surface area contributed by atoms with Gasteiger partial charge in [0.2, 0.25) is 0 Å². The summed E-state index contributed by atoms with van der Waals surface area (Å²) in [6.45, 7) is 6.93. The maximum Gasteiger partial charge on any atom is 0.305 e. The second kappa shape index (κ2) is 14.4. The minimum atomic E-state index is -0.0703. The zero-order valence-corrected chi connectivity index (χ0v) is 15.0. The van der Waals surface area contributed by atoms with Crippen molar-refractivity contribution in [1.29, 1.82) is 0 Å². The van der Waals surface area contributed by atoms with Gasteiger partial charge in [0.25, 0.3) is 0 Å². The Labute approximate surface area is 133 Å². The summed E-state index contributed by atoms with van der Waals surface area (Å²) in [5.74, 6) is 1.50. The number of unbranched alkanes of at least 4 members (excludes halogenated alkanes) is 5. The van der Waals surface area contributed by atoms with Crippen molar-refractivity contribution in [1.82, 2.24) is 0 Å². The molecule has 2 heteroatoms. The predicted octanol–water partition coefficient (Wildman–Crippen LogP) is 6.13. The Hall–Kier alpha value is -0.530. The Morgan fingerprint density at radius 1 is 0.810 bits per heavy atom. The van der Waals surface area contributed by atoms with E-state index in [1.54, 1.807) is 0 Å². The zero-order valence-electron chi connectivity index (χ0n) is 15.0. The molecule has 2 atom stereocenters. The van der Waals surface area contributed by atoms with Crippen molar-refractivity contribution in [2.45, 2.75) is 97.8 Å². The van der Waals surface area contributed by atoms with E-state index in [1.165, 1.54) is 71.3 Å². The van der Waals surface area contributed by atoms with Crippen LogP contribution in [0.1, 0.15) is 97.8 Å². The molecule has 0 N–H and O–H groups in total. The second-order valence-electron chi connectivity index (χ2n) is 6.81. The molecule has 2 nitrogen and oxygen atoms in total. The summed E-state index contributed by atoms with van der Waals surface area (Å²) in [5, 5.41) is 0. The van der Waals surface area contributed by atoms with Crippen molar-refractivity contribution < 1.29 is 9.53 Å². The van der Waals surface area contributed by atoms with Gasteiger partial charge >= 0.3 is 5.97 Å². The molecular formula is C19H38O2. The first-order valence-corrected chi connectivity index (χ1v) is 9.16. The first kappa shape index (κ1) is 20.5. The number of hydrogen-bond donors (Lipinski definition) is 0. The maximum absolute atomic E-state index is 11.1. The molecule has 2 unspecified atom stereocenters. The van der Waals surface area contributed by atoms with Crippen molar-refractivity contribution in [2.75, 3.05) is 7.11 Å². The average molecular weight is 299 g/mol. The molecule has 0 spiro atoms. The van der Waals surface area contributed by atoms with Crippen LogP contribution in [0.3, 0.4) is 0 Å². The molecule has 0 aliphatic rings. The van der Waals surface area contributed by atoms with E-state index in [0.29, 0.717) is 12.3 Å². The molecule has 0 saturated heterocycles. The van der Waals surface area contributed by atoms with Crippen molar-refractivity contribution in [3.05, 3.63) is 0 Å². The maximum atomic E-state index is 11.1. The molecule has 0 radical (unpaired) electrons. The van der Waals surface area contributed by atoms with Gasteiger partial charge in [0, 0.05) is 6.42 Å². The standard InChI is InChI=1S/C19H38O2/c1-5-6-12-17(2)13-10-8-7-9-11-14-18(3)15-16-19(20)21-4/h17-18H,5-16H2,1-4H3. The molecule has 0 saturated carbocycles. The molecule has 0 fully saturated rings. The van der Waals surface area contributed by atoms with Gasteiger partial charge in [-0.2, -0.15) is 0 Å². The highest BCUT2D eigenvalue weighted by Crippen LogP contribution is 2.19. The molecule has 0 heterocycles. The first-order valence-electron chi connectivity index (χ1n) is 9.16. The van der Waals surface area contributed by atoms with Crippen LogP contribution in [0.4, 0.5) is 0 Å². The predicted molar refractivity (Wildman–Crippen MR) is 91.4 cm³/mol. The molecule has 0 aromatic rings. The lowest BCUT2D eigenvalue weighted by molar-refractivity contribution is -0.140. The summed E-state index contributed by atoms with van der Waals surface area (Å²) < 4.78 is 4.68. The zero-order chi connectivity index (χ0) is 15.9. The number of carbonyl (C=O) groups excluding carboxylic acids is 1. The van der Waals surface area contributed by atoms with Gasteiger partial charge in [0.1, 0.15) is 0 Å². The van der Waals surface area contributed by atoms with E-state index in [2.05, 4.69) is 25.5 Å². The molecule has 0 amide bonds. The highest BCUT2D eigenvalue weighted by Gasteiger charge is 2.06. The van der Waals surface area contributed by atoms with Crippen molar-refractivity contribution in [3.8, 4) is 0 Å². The molecule has 0 aromatic heterocycles. The van der Waals surface area contributed by atoms with Gasteiger partial charge in [-0.25, -0.2) is 0 Å². The topological polar surface area (TPSA) is 26.3 Å². The largest absolute Gasteiger partial charge is 0.469 e. The van der Waals surface area contributed by atoms with Gasteiger partial charge in [-0.3, -0.25) is 4.79 Å². The summed E-state index contributed by atoms with van der Waals surface area (Å²) in [4.78, 5) is 11.1. The summed E-state index contributed by atoms with van der Waals surface area (Å²) in [7, 11) is 1.47. The summed E-state index contributed by atoms with van der Waals surface area (Å²) in [6.07, 6.45) is 15.2. The van der Waals surface area contributed by atoms with Crippen molar-refractivity contribution in [2.24, 2.45) is 11.8 Å². The van der Waals surface area contributed by atoms with E-state index in [4.69, 9.17) is 0 Å². The number of esters is 1. The van der Waals surface area contributed by atoms with Gasteiger partial charge < -0.3 is 4.74 Å². The van der Waals surface area contributed by atoms with Gasteiger partial charge in [0.05, 0.1) is 7.11 Å². The molecule has 0 aromatic carbocycles. The van der Waals surface area contributed by atoms with E-state index >= 15 is 0 Å². The molecule has 0 aliphatic heterocycles. The summed E-state index contributed by atoms with van der Waals surface area (Å²) in [6, 6.07) is 0. The lowest BCUT2D eigenvalue weighted by Crippen LogP contribution is -2.04. The molecule has 0 aliphatic carbocycles. The van der Waals surface area contributed by atoms with Crippen LogP contribution in [0.25, 0.3) is 0 Å². The van der Waals surface area contributed by atoms with E-state index in [1.807, 2.05) is 0 Å². The lowest BCUT2D eigenvalue weighted by atomic mass is 9.95. The monoisotopic (exact) mass is 298 g/mol. The van der Waals surface area contributed by atoms with Crippen molar-refractivity contribution in [3.63, 3.8) is 0 Å².